The van der Waals surface area contributed by atoms with Crippen molar-refractivity contribution < 1.29 is 4.79 Å². The summed E-state index contributed by atoms with van der Waals surface area (Å²) in [6.45, 7) is 3.21. The summed E-state index contributed by atoms with van der Waals surface area (Å²) in [6, 6.07) is 0.648. The highest BCUT2D eigenvalue weighted by atomic mass is 16.2. The Morgan fingerprint density at radius 2 is 1.67 bits per heavy atom. The predicted octanol–water partition coefficient (Wildman–Crippen LogP) is 2.65. The highest BCUT2D eigenvalue weighted by molar-refractivity contribution is 5.76. The molecule has 2 heterocycles. The van der Waals surface area contributed by atoms with E-state index < -0.39 is 0 Å². The van der Waals surface area contributed by atoms with Crippen LogP contribution in [0, 0.1) is 0 Å². The molecule has 1 atom stereocenters. The first-order valence-electron chi connectivity index (χ1n) is 7.75. The summed E-state index contributed by atoms with van der Waals surface area (Å²) in [5, 5.41) is 0. The second-order valence-corrected chi connectivity index (χ2v) is 5.96. The molecule has 1 amide bonds. The molecule has 0 bridgehead atoms. The van der Waals surface area contributed by atoms with Crippen LogP contribution in [0.4, 0.5) is 0 Å². The zero-order valence-corrected chi connectivity index (χ0v) is 11.9. The number of carbonyl (C=O) groups excluding carboxylic acids is 1. The summed E-state index contributed by atoms with van der Waals surface area (Å²) in [5.41, 5.74) is 0. The van der Waals surface area contributed by atoms with Gasteiger partial charge in [0, 0.05) is 25.6 Å². The molecule has 1 unspecified atom stereocenters. The molecule has 0 radical (unpaired) electrons. The molecule has 0 aliphatic carbocycles. The molecule has 2 aliphatic heterocycles. The summed E-state index contributed by atoms with van der Waals surface area (Å²) in [5.74, 6) is 0.399. The zero-order valence-electron chi connectivity index (χ0n) is 11.9. The van der Waals surface area contributed by atoms with Gasteiger partial charge in [0.25, 0.3) is 0 Å². The summed E-state index contributed by atoms with van der Waals surface area (Å²) in [6.07, 6.45) is 10.8. The van der Waals surface area contributed by atoms with Crippen molar-refractivity contribution in [3.8, 4) is 0 Å². The molecule has 2 fully saturated rings. The molecule has 0 aromatic carbocycles. The van der Waals surface area contributed by atoms with Gasteiger partial charge in [-0.3, -0.25) is 4.79 Å². The number of hydrogen-bond donors (Lipinski definition) is 0. The van der Waals surface area contributed by atoms with E-state index >= 15 is 0 Å². The molecule has 2 saturated heterocycles. The molecular formula is C15H28N2O. The molecule has 2 rings (SSSR count). The quantitative estimate of drug-likeness (QED) is 0.771. The van der Waals surface area contributed by atoms with Gasteiger partial charge < -0.3 is 9.80 Å². The maximum Gasteiger partial charge on any atom is 0.222 e. The molecule has 0 N–H and O–H groups in total. The van der Waals surface area contributed by atoms with E-state index in [4.69, 9.17) is 0 Å². The lowest BCUT2D eigenvalue weighted by Crippen LogP contribution is -2.38. The maximum absolute atomic E-state index is 12.2. The Morgan fingerprint density at radius 1 is 1.00 bits per heavy atom. The minimum Gasteiger partial charge on any atom is -0.343 e. The molecule has 0 aromatic heterocycles. The van der Waals surface area contributed by atoms with E-state index in [9.17, 15) is 4.79 Å². The molecule has 18 heavy (non-hydrogen) atoms. The van der Waals surface area contributed by atoms with Crippen LogP contribution >= 0.6 is 0 Å². The Hall–Kier alpha value is -0.570. The topological polar surface area (TPSA) is 23.6 Å². The van der Waals surface area contributed by atoms with E-state index in [0.717, 1.165) is 25.9 Å². The number of rotatable bonds is 3. The lowest BCUT2D eigenvalue weighted by Gasteiger charge is -2.32. The minimum atomic E-state index is 0.399. The predicted molar refractivity (Wildman–Crippen MR) is 74.6 cm³/mol. The Labute approximate surface area is 112 Å². The van der Waals surface area contributed by atoms with E-state index in [-0.39, 0.29) is 0 Å². The van der Waals surface area contributed by atoms with Crippen molar-refractivity contribution in [2.24, 2.45) is 0 Å². The summed E-state index contributed by atoms with van der Waals surface area (Å²) < 4.78 is 0. The van der Waals surface area contributed by atoms with Crippen molar-refractivity contribution in [2.45, 2.75) is 63.8 Å². The van der Waals surface area contributed by atoms with Crippen molar-refractivity contribution in [2.75, 3.05) is 26.7 Å². The number of piperidine rings is 1. The van der Waals surface area contributed by atoms with Gasteiger partial charge in [-0.1, -0.05) is 19.3 Å². The first-order valence-corrected chi connectivity index (χ1v) is 7.75. The molecular weight excluding hydrogens is 224 g/mol. The number of amides is 1. The van der Waals surface area contributed by atoms with Crippen molar-refractivity contribution in [3.05, 3.63) is 0 Å². The SMILES string of the molecule is CN1CCCCC1CCC(=O)N1CCCCCC1. The van der Waals surface area contributed by atoms with Gasteiger partial charge in [0.05, 0.1) is 0 Å². The fourth-order valence-electron chi connectivity index (χ4n) is 3.28. The van der Waals surface area contributed by atoms with Crippen LogP contribution in [0.1, 0.15) is 57.8 Å². The van der Waals surface area contributed by atoms with Gasteiger partial charge in [0.2, 0.25) is 5.91 Å². The van der Waals surface area contributed by atoms with Gasteiger partial charge in [-0.15, -0.1) is 0 Å². The van der Waals surface area contributed by atoms with Gasteiger partial charge in [-0.25, -0.2) is 0 Å². The lowest BCUT2D eigenvalue weighted by atomic mass is 9.98. The number of likely N-dealkylation sites (tertiary alicyclic amines) is 2. The third kappa shape index (κ3) is 3.98. The molecule has 104 valence electrons. The molecule has 3 nitrogen and oxygen atoms in total. The van der Waals surface area contributed by atoms with E-state index in [0.29, 0.717) is 11.9 Å². The standard InChI is InChI=1S/C15H28N2O/c1-16-11-7-4-8-14(16)9-10-15(18)17-12-5-2-3-6-13-17/h14H,2-13H2,1H3. The molecule has 3 heteroatoms. The van der Waals surface area contributed by atoms with Crippen LogP contribution < -0.4 is 0 Å². The van der Waals surface area contributed by atoms with Crippen molar-refractivity contribution in [1.82, 2.24) is 9.80 Å². The Kier molecular flexibility index (Phi) is 5.48. The minimum absolute atomic E-state index is 0.399. The van der Waals surface area contributed by atoms with Crippen LogP contribution in [0.2, 0.25) is 0 Å². The highest BCUT2D eigenvalue weighted by Gasteiger charge is 2.21. The molecule has 2 aliphatic rings. The van der Waals surface area contributed by atoms with E-state index in [1.54, 1.807) is 0 Å². The normalized spacial score (nSPS) is 26.9. The van der Waals surface area contributed by atoms with E-state index in [1.165, 1.54) is 51.5 Å². The van der Waals surface area contributed by atoms with Crippen molar-refractivity contribution in [1.29, 1.82) is 0 Å². The van der Waals surface area contributed by atoms with Gasteiger partial charge in [-0.2, -0.15) is 0 Å². The van der Waals surface area contributed by atoms with Crippen LogP contribution in [-0.4, -0.2) is 48.4 Å². The van der Waals surface area contributed by atoms with Gasteiger partial charge in [0.15, 0.2) is 0 Å². The Balaban J connectivity index is 1.72. The van der Waals surface area contributed by atoms with Gasteiger partial charge in [0.1, 0.15) is 0 Å². The average Bonchev–Trinajstić information content (AvgIpc) is 2.66. The van der Waals surface area contributed by atoms with Crippen LogP contribution in [-0.2, 0) is 4.79 Å². The van der Waals surface area contributed by atoms with Crippen LogP contribution in [0.25, 0.3) is 0 Å². The third-order valence-electron chi connectivity index (χ3n) is 4.57. The molecule has 0 spiro atoms. The van der Waals surface area contributed by atoms with Crippen molar-refractivity contribution in [3.63, 3.8) is 0 Å². The highest BCUT2D eigenvalue weighted by Crippen LogP contribution is 2.20. The van der Waals surface area contributed by atoms with Gasteiger partial charge in [-0.05, 0) is 45.7 Å². The number of carbonyl (C=O) groups is 1. The average molecular weight is 252 g/mol. The third-order valence-corrected chi connectivity index (χ3v) is 4.57. The second kappa shape index (κ2) is 7.13. The lowest BCUT2D eigenvalue weighted by molar-refractivity contribution is -0.131. The van der Waals surface area contributed by atoms with Crippen LogP contribution in [0.5, 0.6) is 0 Å². The second-order valence-electron chi connectivity index (χ2n) is 5.96. The number of nitrogens with zero attached hydrogens (tertiary/aromatic N) is 2. The van der Waals surface area contributed by atoms with E-state index in [1.807, 2.05) is 0 Å². The fraction of sp³-hybridized carbons (Fsp3) is 0.933. The monoisotopic (exact) mass is 252 g/mol. The maximum atomic E-state index is 12.2. The first-order chi connectivity index (χ1) is 8.77. The molecule has 0 saturated carbocycles. The van der Waals surface area contributed by atoms with Crippen LogP contribution in [0.15, 0.2) is 0 Å². The first kappa shape index (κ1) is 13.9. The summed E-state index contributed by atoms with van der Waals surface area (Å²) in [4.78, 5) is 16.8. The van der Waals surface area contributed by atoms with Gasteiger partial charge >= 0.3 is 0 Å². The Morgan fingerprint density at radius 3 is 2.33 bits per heavy atom. The zero-order chi connectivity index (χ0) is 12.8. The number of hydrogen-bond acceptors (Lipinski definition) is 2. The summed E-state index contributed by atoms with van der Waals surface area (Å²) in [7, 11) is 2.21. The van der Waals surface area contributed by atoms with E-state index in [2.05, 4.69) is 16.8 Å². The smallest absolute Gasteiger partial charge is 0.222 e. The fourth-order valence-corrected chi connectivity index (χ4v) is 3.28. The van der Waals surface area contributed by atoms with Crippen molar-refractivity contribution >= 4 is 5.91 Å². The van der Waals surface area contributed by atoms with Crippen LogP contribution in [0.3, 0.4) is 0 Å². The molecule has 0 aromatic rings. The largest absolute Gasteiger partial charge is 0.343 e. The summed E-state index contributed by atoms with van der Waals surface area (Å²) >= 11 is 0. The Bertz CT molecular complexity index is 259.